The van der Waals surface area contributed by atoms with E-state index >= 15 is 0 Å². The number of aliphatic hydroxyl groups is 1. The number of hydrogen-bond donors (Lipinski definition) is 4. The van der Waals surface area contributed by atoms with Gasteiger partial charge in [0.15, 0.2) is 5.78 Å². The smallest absolute Gasteiger partial charge is 0.322 e. The Morgan fingerprint density at radius 2 is 2.06 bits per heavy atom. The van der Waals surface area contributed by atoms with Gasteiger partial charge in [0.2, 0.25) is 0 Å². The van der Waals surface area contributed by atoms with Crippen LogP contribution in [-0.2, 0) is 9.59 Å². The van der Waals surface area contributed by atoms with Gasteiger partial charge < -0.3 is 21.7 Å². The van der Waals surface area contributed by atoms with Crippen molar-refractivity contribution in [2.75, 3.05) is 6.61 Å². The average molecular weight is 224 g/mol. The number of aliphatic hydroxyl groups excluding tert-OH is 1. The lowest BCUT2D eigenvalue weighted by Gasteiger charge is -1.96. The number of aliphatic carboxylic acids is 1. The lowest BCUT2D eigenvalue weighted by atomic mass is 10.2. The molecule has 86 valence electrons. The van der Waals surface area contributed by atoms with Crippen LogP contribution in [0.5, 0.6) is 0 Å². The van der Waals surface area contributed by atoms with E-state index in [-0.39, 0.29) is 5.78 Å². The molecular weight excluding hydrogens is 212 g/mol. The molecule has 0 saturated heterocycles. The lowest BCUT2D eigenvalue weighted by Crippen LogP contribution is -2.33. The highest BCUT2D eigenvalue weighted by molar-refractivity contribution is 6.18. The van der Waals surface area contributed by atoms with Gasteiger partial charge in [-0.15, -0.1) is 0 Å². The van der Waals surface area contributed by atoms with Crippen LogP contribution < -0.4 is 11.5 Å². The Labute approximate surface area is 91.5 Å². The first-order chi connectivity index (χ1) is 7.47. The summed E-state index contributed by atoms with van der Waals surface area (Å²) in [5.74, 6) is -1.10. The SMILES string of the molecule is NC(CO)C(=O)O.NC1=C2C=CC(=C1)C2=O. The summed E-state index contributed by atoms with van der Waals surface area (Å²) >= 11 is 0. The van der Waals surface area contributed by atoms with Gasteiger partial charge >= 0.3 is 5.97 Å². The van der Waals surface area contributed by atoms with Gasteiger partial charge in [0.25, 0.3) is 0 Å². The first-order valence-electron chi connectivity index (χ1n) is 4.51. The van der Waals surface area contributed by atoms with Crippen molar-refractivity contribution in [2.45, 2.75) is 6.04 Å². The number of carboxylic acid groups (broad SMARTS) is 1. The van der Waals surface area contributed by atoms with E-state index in [4.69, 9.17) is 21.7 Å². The first kappa shape index (κ1) is 12.2. The molecule has 6 N–H and O–H groups in total. The van der Waals surface area contributed by atoms with Crippen LogP contribution in [0.25, 0.3) is 0 Å². The number of nitrogens with two attached hydrogens (primary N) is 2. The van der Waals surface area contributed by atoms with Gasteiger partial charge in [-0.25, -0.2) is 0 Å². The van der Waals surface area contributed by atoms with E-state index in [0.717, 1.165) is 5.57 Å². The first-order valence-corrected chi connectivity index (χ1v) is 4.51. The number of hydrogen-bond acceptors (Lipinski definition) is 5. The van der Waals surface area contributed by atoms with Gasteiger partial charge in [0, 0.05) is 16.8 Å². The molecule has 2 aliphatic carbocycles. The largest absolute Gasteiger partial charge is 0.480 e. The lowest BCUT2D eigenvalue weighted by molar-refractivity contribution is -0.139. The number of carboxylic acids is 1. The van der Waals surface area contributed by atoms with Crippen molar-refractivity contribution in [1.82, 2.24) is 0 Å². The second-order valence-electron chi connectivity index (χ2n) is 3.26. The van der Waals surface area contributed by atoms with Crippen molar-refractivity contribution in [3.8, 4) is 0 Å². The Bertz CT molecular complexity index is 421. The van der Waals surface area contributed by atoms with Crippen LogP contribution in [0.15, 0.2) is 35.1 Å². The van der Waals surface area contributed by atoms with E-state index < -0.39 is 18.6 Å². The van der Waals surface area contributed by atoms with Crippen molar-refractivity contribution in [3.05, 3.63) is 35.1 Å². The van der Waals surface area contributed by atoms with E-state index in [1.807, 2.05) is 0 Å². The maximum absolute atomic E-state index is 10.9. The number of allylic oxidation sites excluding steroid dienone is 5. The molecule has 16 heavy (non-hydrogen) atoms. The normalized spacial score (nSPS) is 18.1. The van der Waals surface area contributed by atoms with Crippen LogP contribution in [-0.4, -0.2) is 34.6 Å². The number of rotatable bonds is 2. The number of ketones is 1. The van der Waals surface area contributed by atoms with E-state index in [9.17, 15) is 9.59 Å². The van der Waals surface area contributed by atoms with E-state index in [2.05, 4.69) is 0 Å². The zero-order valence-electron chi connectivity index (χ0n) is 8.38. The van der Waals surface area contributed by atoms with Gasteiger partial charge in [-0.3, -0.25) is 9.59 Å². The fourth-order valence-electron chi connectivity index (χ4n) is 1.14. The maximum atomic E-state index is 10.9. The zero-order valence-corrected chi connectivity index (χ0v) is 8.38. The highest BCUT2D eigenvalue weighted by Gasteiger charge is 2.24. The highest BCUT2D eigenvalue weighted by atomic mass is 16.4. The van der Waals surface area contributed by atoms with Gasteiger partial charge in [-0.1, -0.05) is 6.08 Å². The summed E-state index contributed by atoms with van der Waals surface area (Å²) in [6, 6.07) is -1.13. The predicted octanol–water partition coefficient (Wildman–Crippen LogP) is -1.33. The molecule has 0 saturated carbocycles. The molecule has 0 amide bonds. The third-order valence-electron chi connectivity index (χ3n) is 2.07. The molecule has 0 radical (unpaired) electrons. The van der Waals surface area contributed by atoms with Crippen molar-refractivity contribution >= 4 is 11.8 Å². The van der Waals surface area contributed by atoms with Crippen LogP contribution in [0, 0.1) is 0 Å². The predicted molar refractivity (Wildman–Crippen MR) is 56.1 cm³/mol. The summed E-state index contributed by atoms with van der Waals surface area (Å²) in [6.45, 7) is -0.505. The van der Waals surface area contributed by atoms with Crippen molar-refractivity contribution in [3.63, 3.8) is 0 Å². The Balaban J connectivity index is 0.000000168. The van der Waals surface area contributed by atoms with E-state index in [1.54, 1.807) is 18.2 Å². The molecule has 1 unspecified atom stereocenters. The summed E-state index contributed by atoms with van der Waals surface area (Å²) < 4.78 is 0. The van der Waals surface area contributed by atoms with Crippen molar-refractivity contribution in [2.24, 2.45) is 11.5 Å². The minimum atomic E-state index is -1.18. The second kappa shape index (κ2) is 4.73. The molecule has 0 heterocycles. The van der Waals surface area contributed by atoms with E-state index in [1.165, 1.54) is 0 Å². The van der Waals surface area contributed by atoms with Crippen molar-refractivity contribution in [1.29, 1.82) is 0 Å². The molecule has 0 aromatic heterocycles. The summed E-state index contributed by atoms with van der Waals surface area (Å²) in [7, 11) is 0. The molecule has 0 aliphatic heterocycles. The number of Topliss-reactive ketones (excluding diaryl/α,β-unsaturated/α-hetero) is 1. The third-order valence-corrected chi connectivity index (χ3v) is 2.07. The Hall–Kier alpha value is -1.92. The number of fused-ring (bicyclic) bond motifs is 2. The fraction of sp³-hybridized carbons (Fsp3) is 0.200. The van der Waals surface area contributed by atoms with Gasteiger partial charge in [0.1, 0.15) is 6.04 Å². The summed E-state index contributed by atoms with van der Waals surface area (Å²) in [5, 5.41) is 15.9. The molecule has 6 heteroatoms. The van der Waals surface area contributed by atoms with Gasteiger partial charge in [-0.2, -0.15) is 0 Å². The highest BCUT2D eigenvalue weighted by Crippen LogP contribution is 2.26. The summed E-state index contributed by atoms with van der Waals surface area (Å²) in [6.07, 6.45) is 5.25. The average Bonchev–Trinajstić information content (AvgIpc) is 2.72. The van der Waals surface area contributed by atoms with Gasteiger partial charge in [-0.05, 0) is 12.2 Å². The minimum absolute atomic E-state index is 0.0764. The minimum Gasteiger partial charge on any atom is -0.480 e. The fourth-order valence-corrected chi connectivity index (χ4v) is 1.14. The summed E-state index contributed by atoms with van der Waals surface area (Å²) in [5.41, 5.74) is 12.2. The standard InChI is InChI=1S/C7H5NO.C3H7NO3/c8-6-3-4-1-2-5(6)7(4)9;4-2(1-5)3(6)7/h1-3H,8H2;2,5H,1,4H2,(H,6,7). The van der Waals surface area contributed by atoms with Gasteiger partial charge in [0.05, 0.1) is 6.61 Å². The van der Waals surface area contributed by atoms with Crippen LogP contribution >= 0.6 is 0 Å². The van der Waals surface area contributed by atoms with Crippen LogP contribution in [0.3, 0.4) is 0 Å². The third kappa shape index (κ3) is 2.36. The Kier molecular flexibility index (Phi) is 3.60. The molecule has 0 aromatic carbocycles. The summed E-state index contributed by atoms with van der Waals surface area (Å²) in [4.78, 5) is 20.6. The van der Waals surface area contributed by atoms with Crippen molar-refractivity contribution < 1.29 is 19.8 Å². The molecule has 6 nitrogen and oxygen atoms in total. The Morgan fingerprint density at radius 3 is 2.19 bits per heavy atom. The van der Waals surface area contributed by atoms with Crippen LogP contribution in [0.4, 0.5) is 0 Å². The molecule has 0 aromatic rings. The number of carbonyl (C=O) groups excluding carboxylic acids is 1. The second-order valence-corrected chi connectivity index (χ2v) is 3.26. The monoisotopic (exact) mass is 224 g/mol. The molecular formula is C10H12N2O4. The topological polar surface area (TPSA) is 127 Å². The van der Waals surface area contributed by atoms with Crippen LogP contribution in [0.2, 0.25) is 0 Å². The molecule has 2 aliphatic rings. The molecule has 0 fully saturated rings. The van der Waals surface area contributed by atoms with E-state index in [0.29, 0.717) is 11.3 Å². The zero-order chi connectivity index (χ0) is 12.3. The molecule has 2 bridgehead atoms. The Morgan fingerprint density at radius 1 is 1.44 bits per heavy atom. The molecule has 1 atom stereocenters. The number of carbonyl (C=O) groups is 2. The molecule has 0 spiro atoms. The molecule has 2 rings (SSSR count). The quantitative estimate of drug-likeness (QED) is 0.460. The maximum Gasteiger partial charge on any atom is 0.322 e. The van der Waals surface area contributed by atoms with Crippen LogP contribution in [0.1, 0.15) is 0 Å².